The summed E-state index contributed by atoms with van der Waals surface area (Å²) in [5, 5.41) is 21.2. The van der Waals surface area contributed by atoms with E-state index in [4.69, 9.17) is 0 Å². The van der Waals surface area contributed by atoms with Gasteiger partial charge in [-0.3, -0.25) is 14.9 Å². The minimum absolute atomic E-state index is 0.0329. The largest absolute Gasteiger partial charge is 0.320 e. The molecule has 0 aromatic heterocycles. The highest BCUT2D eigenvalue weighted by molar-refractivity contribution is 9.10. The van der Waals surface area contributed by atoms with Gasteiger partial charge < -0.3 is 5.32 Å². The molecule has 1 heterocycles. The predicted molar refractivity (Wildman–Crippen MR) is 90.0 cm³/mol. The molecule has 1 amide bonds. The molecule has 7 nitrogen and oxygen atoms in total. The van der Waals surface area contributed by atoms with Crippen LogP contribution in [0.4, 0.5) is 11.4 Å². The highest BCUT2D eigenvalue weighted by Gasteiger charge is 2.26. The molecule has 0 saturated heterocycles. The quantitative estimate of drug-likeness (QED) is 0.509. The zero-order valence-corrected chi connectivity index (χ0v) is 13.1. The molecule has 8 heteroatoms. The fraction of sp³-hybridized carbons (Fsp3) is 0. The topological polar surface area (TPSA) is 97.0 Å². The van der Waals surface area contributed by atoms with Crippen molar-refractivity contribution in [2.45, 2.75) is 0 Å². The third-order valence-electron chi connectivity index (χ3n) is 3.15. The second-order valence-electron chi connectivity index (χ2n) is 4.69. The number of hydrogen-bond acceptors (Lipinski definition) is 5. The molecule has 0 atom stereocenters. The van der Waals surface area contributed by atoms with E-state index in [0.29, 0.717) is 16.8 Å². The predicted octanol–water partition coefficient (Wildman–Crippen LogP) is 3.13. The second-order valence-corrected chi connectivity index (χ2v) is 5.60. The third kappa shape index (κ3) is 3.16. The Bertz CT molecular complexity index is 877. The summed E-state index contributed by atoms with van der Waals surface area (Å²) in [4.78, 5) is 22.1. The van der Waals surface area contributed by atoms with Gasteiger partial charge in [-0.15, -0.1) is 5.10 Å². The van der Waals surface area contributed by atoms with E-state index in [1.807, 2.05) is 6.07 Å². The van der Waals surface area contributed by atoms with Crippen LogP contribution in [0.15, 0.2) is 57.1 Å². The monoisotopic (exact) mass is 372 g/mol. The lowest BCUT2D eigenvalue weighted by Crippen LogP contribution is -2.13. The van der Waals surface area contributed by atoms with Gasteiger partial charge in [-0.1, -0.05) is 28.1 Å². The smallest absolute Gasteiger partial charge is 0.276 e. The number of nitrogens with one attached hydrogen (secondary N) is 1. The van der Waals surface area contributed by atoms with Gasteiger partial charge in [0.15, 0.2) is 5.71 Å². The van der Waals surface area contributed by atoms with Crippen molar-refractivity contribution in [3.63, 3.8) is 0 Å². The summed E-state index contributed by atoms with van der Waals surface area (Å²) < 4.78 is 0.822. The summed E-state index contributed by atoms with van der Waals surface area (Å²) in [5.74, 6) is -0.339. The Labute approximate surface area is 139 Å². The van der Waals surface area contributed by atoms with E-state index < -0.39 is 4.92 Å². The van der Waals surface area contributed by atoms with Crippen LogP contribution < -0.4 is 5.32 Å². The van der Waals surface area contributed by atoms with E-state index in [1.165, 1.54) is 18.3 Å². The van der Waals surface area contributed by atoms with Crippen molar-refractivity contribution in [1.82, 2.24) is 0 Å². The summed E-state index contributed by atoms with van der Waals surface area (Å²) in [6, 6.07) is 11.3. The second kappa shape index (κ2) is 6.09. The van der Waals surface area contributed by atoms with Crippen LogP contribution in [-0.2, 0) is 4.79 Å². The SMILES string of the molecule is O=C1Nc2ccc(Br)cc2C1=N/N=C\c1cccc([N+](=O)[O-])c1. The minimum Gasteiger partial charge on any atom is -0.320 e. The first kappa shape index (κ1) is 15.0. The van der Waals surface area contributed by atoms with Crippen molar-refractivity contribution in [3.05, 3.63) is 68.2 Å². The molecular formula is C15H9BrN4O3. The number of non-ortho nitro benzene ring substituents is 1. The molecule has 23 heavy (non-hydrogen) atoms. The number of nitro benzene ring substituents is 1. The number of nitrogens with zero attached hydrogens (tertiary/aromatic N) is 3. The summed E-state index contributed by atoms with van der Waals surface area (Å²) in [6.07, 6.45) is 1.36. The Kier molecular flexibility index (Phi) is 3.98. The highest BCUT2D eigenvalue weighted by Crippen LogP contribution is 2.26. The first-order chi connectivity index (χ1) is 11.0. The van der Waals surface area contributed by atoms with Gasteiger partial charge in [0, 0.05) is 27.7 Å². The number of fused-ring (bicyclic) bond motifs is 1. The average molecular weight is 373 g/mol. The Morgan fingerprint density at radius 1 is 1.22 bits per heavy atom. The molecule has 2 aromatic rings. The number of nitro groups is 1. The number of benzene rings is 2. The number of carbonyl (C=O) groups excluding carboxylic acids is 1. The van der Waals surface area contributed by atoms with Crippen molar-refractivity contribution < 1.29 is 9.72 Å². The highest BCUT2D eigenvalue weighted by atomic mass is 79.9. The molecule has 1 N–H and O–H groups in total. The molecule has 0 unspecified atom stereocenters. The Hall–Kier alpha value is -2.87. The molecule has 114 valence electrons. The fourth-order valence-electron chi connectivity index (χ4n) is 2.10. The van der Waals surface area contributed by atoms with Gasteiger partial charge in [0.05, 0.1) is 16.8 Å². The first-order valence-electron chi connectivity index (χ1n) is 6.51. The number of rotatable bonds is 3. The zero-order valence-electron chi connectivity index (χ0n) is 11.6. The van der Waals surface area contributed by atoms with Gasteiger partial charge in [-0.2, -0.15) is 5.10 Å². The third-order valence-corrected chi connectivity index (χ3v) is 3.64. The van der Waals surface area contributed by atoms with Crippen LogP contribution >= 0.6 is 15.9 Å². The van der Waals surface area contributed by atoms with Crippen LogP contribution in [0.5, 0.6) is 0 Å². The van der Waals surface area contributed by atoms with E-state index in [-0.39, 0.29) is 17.3 Å². The molecule has 0 radical (unpaired) electrons. The molecule has 0 aliphatic carbocycles. The number of hydrogen-bond donors (Lipinski definition) is 1. The standard InChI is InChI=1S/C15H9BrN4O3/c16-10-4-5-13-12(7-10)14(15(21)18-13)19-17-8-9-2-1-3-11(6-9)20(22)23/h1-8H,(H,18,19,21)/b17-8-. The number of halogens is 1. The van der Waals surface area contributed by atoms with Gasteiger partial charge >= 0.3 is 0 Å². The lowest BCUT2D eigenvalue weighted by atomic mass is 10.1. The van der Waals surface area contributed by atoms with E-state index in [9.17, 15) is 14.9 Å². The molecular weight excluding hydrogens is 364 g/mol. The molecule has 0 saturated carbocycles. The number of anilines is 1. The van der Waals surface area contributed by atoms with E-state index in [0.717, 1.165) is 4.47 Å². The van der Waals surface area contributed by atoms with Crippen molar-refractivity contribution in [2.75, 3.05) is 5.32 Å². The number of amides is 1. The first-order valence-corrected chi connectivity index (χ1v) is 7.30. The zero-order chi connectivity index (χ0) is 16.4. The molecule has 0 spiro atoms. The van der Waals surface area contributed by atoms with Gasteiger partial charge in [-0.25, -0.2) is 0 Å². The van der Waals surface area contributed by atoms with Gasteiger partial charge in [0.25, 0.3) is 11.6 Å². The Morgan fingerprint density at radius 2 is 2.04 bits per heavy atom. The van der Waals surface area contributed by atoms with Crippen LogP contribution in [0, 0.1) is 10.1 Å². The van der Waals surface area contributed by atoms with Crippen molar-refractivity contribution in [3.8, 4) is 0 Å². The maximum absolute atomic E-state index is 11.9. The summed E-state index contributed by atoms with van der Waals surface area (Å²) in [7, 11) is 0. The van der Waals surface area contributed by atoms with Gasteiger partial charge in [0.2, 0.25) is 0 Å². The Morgan fingerprint density at radius 3 is 2.83 bits per heavy atom. The average Bonchev–Trinajstić information content (AvgIpc) is 2.83. The lowest BCUT2D eigenvalue weighted by Gasteiger charge is -1.97. The molecule has 0 bridgehead atoms. The van der Waals surface area contributed by atoms with Crippen LogP contribution in [0.2, 0.25) is 0 Å². The molecule has 1 aliphatic rings. The maximum Gasteiger partial charge on any atom is 0.276 e. The van der Waals surface area contributed by atoms with Crippen LogP contribution in [0.3, 0.4) is 0 Å². The fourth-order valence-corrected chi connectivity index (χ4v) is 2.46. The minimum atomic E-state index is -0.485. The Balaban J connectivity index is 1.89. The van der Waals surface area contributed by atoms with Crippen LogP contribution in [-0.4, -0.2) is 22.8 Å². The molecule has 3 rings (SSSR count). The summed E-state index contributed by atoms with van der Waals surface area (Å²) in [6.45, 7) is 0. The van der Waals surface area contributed by atoms with Crippen LogP contribution in [0.25, 0.3) is 0 Å². The summed E-state index contributed by atoms with van der Waals surface area (Å²) in [5.41, 5.74) is 2.01. The van der Waals surface area contributed by atoms with Crippen molar-refractivity contribution in [1.29, 1.82) is 0 Å². The van der Waals surface area contributed by atoms with E-state index in [2.05, 4.69) is 31.4 Å². The van der Waals surface area contributed by atoms with Crippen molar-refractivity contribution in [2.24, 2.45) is 10.2 Å². The van der Waals surface area contributed by atoms with Gasteiger partial charge in [0.1, 0.15) is 0 Å². The molecule has 0 fully saturated rings. The molecule has 1 aliphatic heterocycles. The van der Waals surface area contributed by atoms with E-state index >= 15 is 0 Å². The number of carbonyl (C=O) groups is 1. The van der Waals surface area contributed by atoms with Crippen LogP contribution in [0.1, 0.15) is 11.1 Å². The summed E-state index contributed by atoms with van der Waals surface area (Å²) >= 11 is 3.34. The van der Waals surface area contributed by atoms with Gasteiger partial charge in [-0.05, 0) is 18.2 Å². The van der Waals surface area contributed by atoms with E-state index in [1.54, 1.807) is 24.3 Å². The van der Waals surface area contributed by atoms with Crippen molar-refractivity contribution >= 4 is 45.1 Å². The lowest BCUT2D eigenvalue weighted by molar-refractivity contribution is -0.384. The maximum atomic E-state index is 11.9. The molecule has 2 aromatic carbocycles. The normalized spacial score (nSPS) is 15.0.